The van der Waals surface area contributed by atoms with Gasteiger partial charge in [0.1, 0.15) is 5.58 Å². The van der Waals surface area contributed by atoms with Gasteiger partial charge in [-0.15, -0.1) is 0 Å². The highest BCUT2D eigenvalue weighted by Gasteiger charge is 2.16. The van der Waals surface area contributed by atoms with Gasteiger partial charge in [-0.3, -0.25) is 4.98 Å². The normalized spacial score (nSPS) is 15.5. The topological polar surface area (TPSA) is 54.0 Å². The van der Waals surface area contributed by atoms with Crippen molar-refractivity contribution in [2.75, 3.05) is 38.1 Å². The number of likely N-dealkylation sites (N-methyl/N-ethyl adjacent to an activating group) is 1. The Labute approximate surface area is 169 Å². The highest BCUT2D eigenvalue weighted by Crippen LogP contribution is 2.27. The van der Waals surface area contributed by atoms with Crippen molar-refractivity contribution in [3.63, 3.8) is 0 Å². The number of hydrogen-bond donors (Lipinski definition) is 0. The summed E-state index contributed by atoms with van der Waals surface area (Å²) in [5.41, 5.74) is 5.73. The summed E-state index contributed by atoms with van der Waals surface area (Å²) in [5.74, 6) is 0. The molecule has 4 aromatic rings. The zero-order chi connectivity index (χ0) is 20.1. The lowest BCUT2D eigenvalue weighted by atomic mass is 10.1. The summed E-state index contributed by atoms with van der Waals surface area (Å²) in [4.78, 5) is 22.0. The average molecular weight is 388 g/mol. The third-order valence-electron chi connectivity index (χ3n) is 5.79. The monoisotopic (exact) mass is 388 g/mol. The molecule has 148 valence electrons. The molecule has 0 spiro atoms. The fourth-order valence-corrected chi connectivity index (χ4v) is 4.14. The summed E-state index contributed by atoms with van der Waals surface area (Å²) in [6, 6.07) is 10.1. The summed E-state index contributed by atoms with van der Waals surface area (Å²) < 4.78 is 7.75. The Kier molecular flexibility index (Phi) is 4.17. The second kappa shape index (κ2) is 6.74. The molecule has 6 heteroatoms. The quantitative estimate of drug-likeness (QED) is 0.492. The highest BCUT2D eigenvalue weighted by molar-refractivity contribution is 5.85. The molecule has 1 saturated heterocycles. The van der Waals surface area contributed by atoms with Crippen molar-refractivity contribution >= 4 is 22.2 Å². The molecule has 0 unspecified atom stereocenters. The molecule has 29 heavy (non-hydrogen) atoms. The van der Waals surface area contributed by atoms with Crippen LogP contribution in [0.3, 0.4) is 0 Å². The van der Waals surface area contributed by atoms with Crippen LogP contribution in [0.1, 0.15) is 11.4 Å². The molecular formula is C23H24N4O2. The largest absolute Gasteiger partial charge is 0.422 e. The van der Waals surface area contributed by atoms with Crippen LogP contribution in [0.2, 0.25) is 0 Å². The maximum absolute atomic E-state index is 12.8. The predicted molar refractivity (Wildman–Crippen MR) is 116 cm³/mol. The van der Waals surface area contributed by atoms with Crippen LogP contribution in [0, 0.1) is 13.8 Å². The first-order valence-corrected chi connectivity index (χ1v) is 9.96. The standard InChI is InChI=1S/C23H24N4O2/c1-15-13-27-14-18(11-21(27)16(2)24-15)20-10-17-4-5-19(12-22(17)29-23(20)28)26-8-6-25(3)7-9-26/h4-5,10-14H,6-9H2,1-3H3. The number of fused-ring (bicyclic) bond motifs is 2. The van der Waals surface area contributed by atoms with Crippen LogP contribution in [0.4, 0.5) is 5.69 Å². The number of rotatable bonds is 2. The summed E-state index contributed by atoms with van der Waals surface area (Å²) in [5, 5.41) is 0.929. The van der Waals surface area contributed by atoms with Gasteiger partial charge in [-0.05, 0) is 45.2 Å². The Hall–Kier alpha value is -3.12. The van der Waals surface area contributed by atoms with Crippen LogP contribution < -0.4 is 10.5 Å². The van der Waals surface area contributed by atoms with Gasteiger partial charge in [0, 0.05) is 61.3 Å². The van der Waals surface area contributed by atoms with Gasteiger partial charge in [-0.25, -0.2) is 4.79 Å². The molecule has 1 fully saturated rings. The minimum Gasteiger partial charge on any atom is -0.422 e. The summed E-state index contributed by atoms with van der Waals surface area (Å²) in [6.07, 6.45) is 3.94. The number of aromatic nitrogens is 2. The summed E-state index contributed by atoms with van der Waals surface area (Å²) in [7, 11) is 2.14. The van der Waals surface area contributed by atoms with E-state index in [-0.39, 0.29) is 5.63 Å². The van der Waals surface area contributed by atoms with E-state index < -0.39 is 0 Å². The van der Waals surface area contributed by atoms with Crippen LogP contribution in [0.15, 0.2) is 51.9 Å². The van der Waals surface area contributed by atoms with Gasteiger partial charge in [0.15, 0.2) is 0 Å². The predicted octanol–water partition coefficient (Wildman–Crippen LogP) is 3.48. The third-order valence-corrected chi connectivity index (χ3v) is 5.79. The van der Waals surface area contributed by atoms with Crippen LogP contribution in [-0.4, -0.2) is 47.5 Å². The third kappa shape index (κ3) is 3.19. The van der Waals surface area contributed by atoms with Gasteiger partial charge in [0.05, 0.1) is 22.5 Å². The van der Waals surface area contributed by atoms with Gasteiger partial charge in [-0.2, -0.15) is 0 Å². The molecule has 0 N–H and O–H groups in total. The van der Waals surface area contributed by atoms with Gasteiger partial charge < -0.3 is 18.6 Å². The van der Waals surface area contributed by atoms with Crippen LogP contribution in [0.25, 0.3) is 27.6 Å². The van der Waals surface area contributed by atoms with E-state index in [0.717, 1.165) is 59.7 Å². The zero-order valence-corrected chi connectivity index (χ0v) is 17.0. The minimum absolute atomic E-state index is 0.314. The Balaban J connectivity index is 1.56. The number of aryl methyl sites for hydroxylation is 2. The summed E-state index contributed by atoms with van der Waals surface area (Å²) >= 11 is 0. The minimum atomic E-state index is -0.314. The van der Waals surface area contributed by atoms with Crippen LogP contribution >= 0.6 is 0 Å². The number of nitrogens with zero attached hydrogens (tertiary/aromatic N) is 4. The van der Waals surface area contributed by atoms with E-state index in [2.05, 4.69) is 27.9 Å². The molecule has 0 radical (unpaired) electrons. The SMILES string of the molecule is Cc1cn2cc(-c3cc4ccc(N5CCN(C)CC5)cc4oc3=O)cc2c(C)n1. The van der Waals surface area contributed by atoms with Gasteiger partial charge >= 0.3 is 5.63 Å². The van der Waals surface area contributed by atoms with Gasteiger partial charge in [0.2, 0.25) is 0 Å². The molecule has 0 saturated carbocycles. The van der Waals surface area contributed by atoms with Crippen molar-refractivity contribution in [2.45, 2.75) is 13.8 Å². The summed E-state index contributed by atoms with van der Waals surface area (Å²) in [6.45, 7) is 7.99. The number of piperazine rings is 1. The maximum atomic E-state index is 12.8. The average Bonchev–Trinajstić information content (AvgIpc) is 3.11. The number of benzene rings is 1. The van der Waals surface area contributed by atoms with E-state index in [9.17, 15) is 4.79 Å². The molecule has 1 aliphatic heterocycles. The Bertz CT molecular complexity index is 1280. The van der Waals surface area contributed by atoms with Crippen molar-refractivity contribution in [3.8, 4) is 11.1 Å². The van der Waals surface area contributed by atoms with Crippen molar-refractivity contribution in [3.05, 3.63) is 64.5 Å². The van der Waals surface area contributed by atoms with E-state index in [1.54, 1.807) is 0 Å². The molecule has 0 atom stereocenters. The molecule has 1 aliphatic rings. The number of hydrogen-bond acceptors (Lipinski definition) is 5. The molecule has 1 aromatic carbocycles. The first-order chi connectivity index (χ1) is 14.0. The first-order valence-electron chi connectivity index (χ1n) is 9.96. The second-order valence-corrected chi connectivity index (χ2v) is 7.95. The van der Waals surface area contributed by atoms with Crippen LogP contribution in [-0.2, 0) is 0 Å². The lowest BCUT2D eigenvalue weighted by Crippen LogP contribution is -2.44. The lowest BCUT2D eigenvalue weighted by molar-refractivity contribution is 0.313. The molecular weight excluding hydrogens is 364 g/mol. The van der Waals surface area contributed by atoms with Crippen molar-refractivity contribution in [1.82, 2.24) is 14.3 Å². The fraction of sp³-hybridized carbons (Fsp3) is 0.304. The smallest absolute Gasteiger partial charge is 0.344 e. The van der Waals surface area contributed by atoms with Gasteiger partial charge in [-0.1, -0.05) is 0 Å². The van der Waals surface area contributed by atoms with E-state index in [0.29, 0.717) is 11.1 Å². The molecule has 0 bridgehead atoms. The molecule has 5 rings (SSSR count). The van der Waals surface area contributed by atoms with E-state index in [4.69, 9.17) is 4.42 Å². The fourth-order valence-electron chi connectivity index (χ4n) is 4.14. The molecule has 0 aliphatic carbocycles. The first kappa shape index (κ1) is 17.9. The molecule has 6 nitrogen and oxygen atoms in total. The number of anilines is 1. The Morgan fingerprint density at radius 2 is 1.79 bits per heavy atom. The highest BCUT2D eigenvalue weighted by atomic mass is 16.4. The lowest BCUT2D eigenvalue weighted by Gasteiger charge is -2.34. The Morgan fingerprint density at radius 3 is 2.59 bits per heavy atom. The van der Waals surface area contributed by atoms with E-state index >= 15 is 0 Å². The zero-order valence-electron chi connectivity index (χ0n) is 17.0. The second-order valence-electron chi connectivity index (χ2n) is 7.95. The molecule has 3 aromatic heterocycles. The van der Waals surface area contributed by atoms with E-state index in [1.165, 1.54) is 0 Å². The van der Waals surface area contributed by atoms with Crippen molar-refractivity contribution < 1.29 is 4.42 Å². The van der Waals surface area contributed by atoms with Crippen LogP contribution in [0.5, 0.6) is 0 Å². The van der Waals surface area contributed by atoms with E-state index in [1.807, 2.05) is 54.9 Å². The van der Waals surface area contributed by atoms with Gasteiger partial charge in [0.25, 0.3) is 0 Å². The van der Waals surface area contributed by atoms with Crippen molar-refractivity contribution in [1.29, 1.82) is 0 Å². The van der Waals surface area contributed by atoms with Crippen molar-refractivity contribution in [2.24, 2.45) is 0 Å². The maximum Gasteiger partial charge on any atom is 0.344 e. The molecule has 4 heterocycles. The molecule has 0 amide bonds. The Morgan fingerprint density at radius 1 is 1.00 bits per heavy atom.